The Morgan fingerprint density at radius 3 is 2.96 bits per heavy atom. The number of hydrogen-bond donors (Lipinski definition) is 1. The van der Waals surface area contributed by atoms with Gasteiger partial charge in [0, 0.05) is 29.9 Å². The summed E-state index contributed by atoms with van der Waals surface area (Å²) in [6.07, 6.45) is 3.09. The Labute approximate surface area is 140 Å². The first-order chi connectivity index (χ1) is 11.1. The summed E-state index contributed by atoms with van der Waals surface area (Å²) >= 11 is 1.65. The third-order valence-electron chi connectivity index (χ3n) is 3.46. The number of nitrogens with zero attached hydrogens (tertiary/aromatic N) is 2. The number of thioether (sulfide) groups is 1. The van der Waals surface area contributed by atoms with Crippen LogP contribution in [0.25, 0.3) is 0 Å². The monoisotopic (exact) mass is 351 g/mol. The molecule has 1 aromatic carbocycles. The maximum atomic E-state index is 12.6. The SMILES string of the molecule is COc1ccc2c(c1)CN(S(=O)(=O)Nc1cccnc1)CCS2. The molecule has 0 unspecified atom stereocenters. The van der Waals surface area contributed by atoms with Gasteiger partial charge in [-0.3, -0.25) is 9.71 Å². The molecule has 0 saturated carbocycles. The average Bonchev–Trinajstić information content (AvgIpc) is 2.77. The van der Waals surface area contributed by atoms with Crippen LogP contribution in [0.5, 0.6) is 5.75 Å². The highest BCUT2D eigenvalue weighted by atomic mass is 32.2. The zero-order valence-corrected chi connectivity index (χ0v) is 14.2. The van der Waals surface area contributed by atoms with Crippen LogP contribution in [0.1, 0.15) is 5.56 Å². The molecule has 1 N–H and O–H groups in total. The van der Waals surface area contributed by atoms with Crippen molar-refractivity contribution in [1.29, 1.82) is 0 Å². The minimum Gasteiger partial charge on any atom is -0.497 e. The maximum absolute atomic E-state index is 12.6. The lowest BCUT2D eigenvalue weighted by Crippen LogP contribution is -2.36. The molecule has 0 saturated heterocycles. The van der Waals surface area contributed by atoms with E-state index in [9.17, 15) is 8.42 Å². The molecular weight excluding hydrogens is 334 g/mol. The summed E-state index contributed by atoms with van der Waals surface area (Å²) in [6, 6.07) is 9.12. The molecular formula is C15H17N3O3S2. The summed E-state index contributed by atoms with van der Waals surface area (Å²) in [5, 5.41) is 0. The van der Waals surface area contributed by atoms with Crippen molar-refractivity contribution in [1.82, 2.24) is 9.29 Å². The standard InChI is InChI=1S/C15H17N3O3S2/c1-21-14-4-5-15-12(9-14)11-18(7-8-22-15)23(19,20)17-13-3-2-6-16-10-13/h2-6,9-10,17H,7-8,11H2,1H3. The Hall–Kier alpha value is -1.77. The van der Waals surface area contributed by atoms with Gasteiger partial charge in [-0.2, -0.15) is 12.7 Å². The van der Waals surface area contributed by atoms with Crippen LogP contribution in [0.4, 0.5) is 5.69 Å². The summed E-state index contributed by atoms with van der Waals surface area (Å²) < 4.78 is 34.5. The number of benzene rings is 1. The minimum atomic E-state index is -3.63. The van der Waals surface area contributed by atoms with Gasteiger partial charge >= 0.3 is 10.2 Å². The summed E-state index contributed by atoms with van der Waals surface area (Å²) in [7, 11) is -2.03. The van der Waals surface area contributed by atoms with Crippen LogP contribution in [0, 0.1) is 0 Å². The lowest BCUT2D eigenvalue weighted by atomic mass is 10.2. The Balaban J connectivity index is 1.84. The Kier molecular flexibility index (Phi) is 4.74. The summed E-state index contributed by atoms with van der Waals surface area (Å²) in [5.74, 6) is 1.43. The van der Waals surface area contributed by atoms with Gasteiger partial charge in [0.15, 0.2) is 0 Å². The molecule has 2 aromatic rings. The molecule has 0 spiro atoms. The molecule has 0 fully saturated rings. The minimum absolute atomic E-state index is 0.315. The van der Waals surface area contributed by atoms with E-state index in [2.05, 4.69) is 9.71 Å². The molecule has 0 radical (unpaired) electrons. The van der Waals surface area contributed by atoms with Gasteiger partial charge in [0.1, 0.15) is 5.75 Å². The maximum Gasteiger partial charge on any atom is 0.302 e. The molecule has 23 heavy (non-hydrogen) atoms. The zero-order valence-electron chi connectivity index (χ0n) is 12.6. The molecule has 1 aliphatic heterocycles. The van der Waals surface area contributed by atoms with Crippen molar-refractivity contribution < 1.29 is 13.2 Å². The molecule has 0 amide bonds. The molecule has 0 atom stereocenters. The first-order valence-electron chi connectivity index (χ1n) is 7.06. The Morgan fingerprint density at radius 1 is 1.35 bits per heavy atom. The number of rotatable bonds is 4. The average molecular weight is 351 g/mol. The lowest BCUT2D eigenvalue weighted by molar-refractivity contribution is 0.408. The molecule has 122 valence electrons. The number of hydrogen-bond acceptors (Lipinski definition) is 5. The van der Waals surface area contributed by atoms with Gasteiger partial charge in [0.2, 0.25) is 0 Å². The lowest BCUT2D eigenvalue weighted by Gasteiger charge is -2.21. The molecule has 1 aromatic heterocycles. The molecule has 0 bridgehead atoms. The predicted molar refractivity (Wildman–Crippen MR) is 90.9 cm³/mol. The highest BCUT2D eigenvalue weighted by molar-refractivity contribution is 7.99. The number of nitrogens with one attached hydrogen (secondary N) is 1. The van der Waals surface area contributed by atoms with Crippen molar-refractivity contribution in [2.45, 2.75) is 11.4 Å². The van der Waals surface area contributed by atoms with Crippen LogP contribution < -0.4 is 9.46 Å². The van der Waals surface area contributed by atoms with E-state index in [4.69, 9.17) is 4.74 Å². The van der Waals surface area contributed by atoms with Gasteiger partial charge in [-0.25, -0.2) is 0 Å². The second-order valence-electron chi connectivity index (χ2n) is 5.00. The topological polar surface area (TPSA) is 71.5 Å². The van der Waals surface area contributed by atoms with Crippen molar-refractivity contribution >= 4 is 27.7 Å². The number of methoxy groups -OCH3 is 1. The van der Waals surface area contributed by atoms with Crippen LogP contribution in [0.2, 0.25) is 0 Å². The highest BCUT2D eigenvalue weighted by Crippen LogP contribution is 2.31. The zero-order chi connectivity index (χ0) is 16.3. The largest absolute Gasteiger partial charge is 0.497 e. The Bertz CT molecular complexity index is 782. The van der Waals surface area contributed by atoms with Gasteiger partial charge in [-0.1, -0.05) is 0 Å². The summed E-state index contributed by atoms with van der Waals surface area (Å²) in [6.45, 7) is 0.756. The predicted octanol–water partition coefficient (Wildman–Crippen LogP) is 2.35. The van der Waals surface area contributed by atoms with Gasteiger partial charge in [-0.15, -0.1) is 11.8 Å². The van der Waals surface area contributed by atoms with E-state index in [1.165, 1.54) is 10.5 Å². The fourth-order valence-corrected chi connectivity index (χ4v) is 4.62. The van der Waals surface area contributed by atoms with E-state index >= 15 is 0 Å². The van der Waals surface area contributed by atoms with E-state index in [1.807, 2.05) is 18.2 Å². The van der Waals surface area contributed by atoms with Gasteiger partial charge < -0.3 is 4.74 Å². The molecule has 2 heterocycles. The fourth-order valence-electron chi connectivity index (χ4n) is 2.32. The summed E-state index contributed by atoms with van der Waals surface area (Å²) in [4.78, 5) is 5.01. The van der Waals surface area contributed by atoms with Crippen molar-refractivity contribution in [2.75, 3.05) is 24.1 Å². The van der Waals surface area contributed by atoms with Crippen molar-refractivity contribution in [3.05, 3.63) is 48.3 Å². The molecule has 6 nitrogen and oxygen atoms in total. The number of fused-ring (bicyclic) bond motifs is 1. The van der Waals surface area contributed by atoms with Gasteiger partial charge in [0.05, 0.1) is 19.0 Å². The van der Waals surface area contributed by atoms with Crippen LogP contribution >= 0.6 is 11.8 Å². The van der Waals surface area contributed by atoms with Crippen LogP contribution in [-0.4, -0.2) is 37.1 Å². The Morgan fingerprint density at radius 2 is 2.22 bits per heavy atom. The molecule has 1 aliphatic rings. The van der Waals surface area contributed by atoms with Crippen molar-refractivity contribution in [2.24, 2.45) is 0 Å². The van der Waals surface area contributed by atoms with Crippen LogP contribution in [-0.2, 0) is 16.8 Å². The smallest absolute Gasteiger partial charge is 0.302 e. The van der Waals surface area contributed by atoms with Gasteiger partial charge in [-0.05, 0) is 35.9 Å². The summed E-state index contributed by atoms with van der Waals surface area (Å²) in [5.41, 5.74) is 1.40. The molecule has 8 heteroatoms. The van der Waals surface area contributed by atoms with E-state index in [0.29, 0.717) is 24.5 Å². The normalized spacial score (nSPS) is 15.5. The number of ether oxygens (including phenoxy) is 1. The second-order valence-corrected chi connectivity index (χ2v) is 7.81. The van der Waals surface area contributed by atoms with Crippen molar-refractivity contribution in [3.63, 3.8) is 0 Å². The third kappa shape index (κ3) is 3.77. The van der Waals surface area contributed by atoms with Crippen LogP contribution in [0.3, 0.4) is 0 Å². The first-order valence-corrected chi connectivity index (χ1v) is 9.49. The first kappa shape index (κ1) is 16.1. The number of aromatic nitrogens is 1. The van der Waals surface area contributed by atoms with E-state index < -0.39 is 10.2 Å². The van der Waals surface area contributed by atoms with E-state index in [-0.39, 0.29) is 0 Å². The third-order valence-corrected chi connectivity index (χ3v) is 6.04. The molecule has 3 rings (SSSR count). The van der Waals surface area contributed by atoms with Crippen molar-refractivity contribution in [3.8, 4) is 5.75 Å². The highest BCUT2D eigenvalue weighted by Gasteiger charge is 2.25. The number of anilines is 1. The van der Waals surface area contributed by atoms with E-state index in [0.717, 1.165) is 16.2 Å². The number of pyridine rings is 1. The van der Waals surface area contributed by atoms with E-state index in [1.54, 1.807) is 37.2 Å². The second kappa shape index (κ2) is 6.77. The fraction of sp³-hybridized carbons (Fsp3) is 0.267. The van der Waals surface area contributed by atoms with Gasteiger partial charge in [0.25, 0.3) is 0 Å². The van der Waals surface area contributed by atoms with Crippen LogP contribution in [0.15, 0.2) is 47.6 Å². The quantitative estimate of drug-likeness (QED) is 0.915. The molecule has 0 aliphatic carbocycles.